The van der Waals surface area contributed by atoms with E-state index in [1.165, 1.54) is 17.7 Å². The summed E-state index contributed by atoms with van der Waals surface area (Å²) in [7, 11) is 0. The fourth-order valence-electron chi connectivity index (χ4n) is 3.62. The predicted octanol–water partition coefficient (Wildman–Crippen LogP) is 5.54. The number of imidazole rings is 1. The standard InChI is InChI=1S/C23H18FN3/c1-15-6-8-16(9-7-15)20-14-22(17-10-12-18(24)13-11-17)27-21-5-3-2-4-19(21)25-23(27)26-20/h2-14,22H,1H3,(H,25,26). The van der Waals surface area contributed by atoms with Crippen LogP contribution in [0.2, 0.25) is 0 Å². The fourth-order valence-corrected chi connectivity index (χ4v) is 3.62. The van der Waals surface area contributed by atoms with Crippen molar-refractivity contribution in [2.45, 2.75) is 13.0 Å². The summed E-state index contributed by atoms with van der Waals surface area (Å²) >= 11 is 0. The Morgan fingerprint density at radius 1 is 0.926 bits per heavy atom. The molecule has 1 aliphatic heterocycles. The first kappa shape index (κ1) is 15.8. The molecule has 1 N–H and O–H groups in total. The summed E-state index contributed by atoms with van der Waals surface area (Å²) in [6.07, 6.45) is 2.18. The fraction of sp³-hybridized carbons (Fsp3) is 0.0870. The highest BCUT2D eigenvalue weighted by molar-refractivity contribution is 5.85. The van der Waals surface area contributed by atoms with Gasteiger partial charge in [-0.3, -0.25) is 4.57 Å². The van der Waals surface area contributed by atoms with E-state index in [0.29, 0.717) is 0 Å². The first-order valence-electron chi connectivity index (χ1n) is 8.97. The van der Waals surface area contributed by atoms with Gasteiger partial charge < -0.3 is 5.32 Å². The molecule has 1 unspecified atom stereocenters. The number of hydrogen-bond donors (Lipinski definition) is 1. The van der Waals surface area contributed by atoms with Crippen LogP contribution < -0.4 is 5.32 Å². The molecule has 5 rings (SSSR count). The van der Waals surface area contributed by atoms with E-state index in [9.17, 15) is 4.39 Å². The maximum atomic E-state index is 13.5. The van der Waals surface area contributed by atoms with Gasteiger partial charge in [-0.2, -0.15) is 0 Å². The molecule has 0 saturated carbocycles. The highest BCUT2D eigenvalue weighted by Gasteiger charge is 2.25. The van der Waals surface area contributed by atoms with E-state index < -0.39 is 0 Å². The van der Waals surface area contributed by atoms with Gasteiger partial charge in [0.15, 0.2) is 0 Å². The third-order valence-electron chi connectivity index (χ3n) is 5.02. The lowest BCUT2D eigenvalue weighted by Gasteiger charge is -2.26. The number of allylic oxidation sites excluding steroid dienone is 1. The van der Waals surface area contributed by atoms with Gasteiger partial charge in [-0.15, -0.1) is 0 Å². The van der Waals surface area contributed by atoms with E-state index in [-0.39, 0.29) is 11.9 Å². The molecule has 1 aliphatic rings. The molecule has 4 aromatic rings. The number of para-hydroxylation sites is 2. The summed E-state index contributed by atoms with van der Waals surface area (Å²) in [4.78, 5) is 4.78. The number of aryl methyl sites for hydroxylation is 1. The number of hydrogen-bond acceptors (Lipinski definition) is 2. The number of halogens is 1. The summed E-state index contributed by atoms with van der Waals surface area (Å²) in [5, 5.41) is 3.47. The van der Waals surface area contributed by atoms with Crippen LogP contribution in [0.1, 0.15) is 22.7 Å². The van der Waals surface area contributed by atoms with Crippen molar-refractivity contribution in [1.82, 2.24) is 9.55 Å². The Labute approximate surface area is 156 Å². The summed E-state index contributed by atoms with van der Waals surface area (Å²) in [5.74, 6) is 0.565. The van der Waals surface area contributed by atoms with Crippen molar-refractivity contribution in [2.24, 2.45) is 0 Å². The maximum absolute atomic E-state index is 13.5. The molecule has 4 heteroatoms. The molecule has 27 heavy (non-hydrogen) atoms. The second kappa shape index (κ2) is 6.09. The Morgan fingerprint density at radius 2 is 1.67 bits per heavy atom. The number of aromatic nitrogens is 2. The number of nitrogens with one attached hydrogen (secondary N) is 1. The van der Waals surface area contributed by atoms with Crippen LogP contribution in [-0.4, -0.2) is 9.55 Å². The molecule has 132 valence electrons. The van der Waals surface area contributed by atoms with Gasteiger partial charge in [0.2, 0.25) is 5.95 Å². The van der Waals surface area contributed by atoms with Crippen LogP contribution in [0.4, 0.5) is 10.3 Å². The summed E-state index contributed by atoms with van der Waals surface area (Å²) in [6, 6.07) is 23.1. The Hall–Kier alpha value is -3.40. The van der Waals surface area contributed by atoms with Gasteiger partial charge in [-0.05, 0) is 48.4 Å². The van der Waals surface area contributed by atoms with Crippen LogP contribution in [0.5, 0.6) is 0 Å². The van der Waals surface area contributed by atoms with Crippen molar-refractivity contribution in [3.8, 4) is 0 Å². The summed E-state index contributed by atoms with van der Waals surface area (Å²) in [5.41, 5.74) is 6.33. The Morgan fingerprint density at radius 3 is 2.44 bits per heavy atom. The van der Waals surface area contributed by atoms with Crippen molar-refractivity contribution >= 4 is 22.7 Å². The van der Waals surface area contributed by atoms with E-state index >= 15 is 0 Å². The van der Waals surface area contributed by atoms with Crippen molar-refractivity contribution in [2.75, 3.05) is 5.32 Å². The average molecular weight is 355 g/mol. The zero-order valence-electron chi connectivity index (χ0n) is 14.9. The third kappa shape index (κ3) is 2.70. The lowest BCUT2D eigenvalue weighted by molar-refractivity contribution is 0.624. The molecule has 0 amide bonds. The van der Waals surface area contributed by atoms with E-state index in [2.05, 4.69) is 53.2 Å². The molecule has 0 bridgehead atoms. The minimum atomic E-state index is -0.230. The molecule has 3 aromatic carbocycles. The minimum absolute atomic E-state index is 0.0643. The lowest BCUT2D eigenvalue weighted by Crippen LogP contribution is -2.19. The van der Waals surface area contributed by atoms with Gasteiger partial charge in [-0.25, -0.2) is 9.37 Å². The zero-order valence-corrected chi connectivity index (χ0v) is 14.9. The second-order valence-corrected chi connectivity index (χ2v) is 6.86. The van der Waals surface area contributed by atoms with Gasteiger partial charge in [0, 0.05) is 5.70 Å². The molecule has 0 saturated heterocycles. The van der Waals surface area contributed by atoms with Crippen molar-refractivity contribution < 1.29 is 4.39 Å². The quantitative estimate of drug-likeness (QED) is 0.512. The van der Waals surface area contributed by atoms with Gasteiger partial charge in [0.1, 0.15) is 5.82 Å². The van der Waals surface area contributed by atoms with Crippen molar-refractivity contribution in [3.05, 3.63) is 101 Å². The normalized spacial score (nSPS) is 15.9. The molecule has 3 nitrogen and oxygen atoms in total. The average Bonchev–Trinajstić information content (AvgIpc) is 3.07. The van der Waals surface area contributed by atoms with Crippen molar-refractivity contribution in [1.29, 1.82) is 0 Å². The Bertz CT molecular complexity index is 1150. The minimum Gasteiger partial charge on any atom is -0.325 e. The van der Waals surface area contributed by atoms with Crippen LogP contribution in [0.3, 0.4) is 0 Å². The monoisotopic (exact) mass is 355 g/mol. The smallest absolute Gasteiger partial charge is 0.209 e. The number of rotatable bonds is 2. The largest absolute Gasteiger partial charge is 0.325 e. The molecule has 1 atom stereocenters. The predicted molar refractivity (Wildman–Crippen MR) is 107 cm³/mol. The van der Waals surface area contributed by atoms with Crippen LogP contribution in [0.15, 0.2) is 78.9 Å². The summed E-state index contributed by atoms with van der Waals surface area (Å²) < 4.78 is 15.6. The highest BCUT2D eigenvalue weighted by Crippen LogP contribution is 2.36. The number of fused-ring (bicyclic) bond motifs is 3. The zero-order chi connectivity index (χ0) is 18.4. The van der Waals surface area contributed by atoms with E-state index in [1.807, 2.05) is 30.3 Å². The van der Waals surface area contributed by atoms with Gasteiger partial charge in [0.25, 0.3) is 0 Å². The highest BCUT2D eigenvalue weighted by atomic mass is 19.1. The van der Waals surface area contributed by atoms with Crippen LogP contribution in [0, 0.1) is 12.7 Å². The molecule has 2 heterocycles. The summed E-state index contributed by atoms with van der Waals surface area (Å²) in [6.45, 7) is 2.08. The van der Waals surface area contributed by atoms with Gasteiger partial charge >= 0.3 is 0 Å². The molecule has 1 aromatic heterocycles. The molecule has 0 aliphatic carbocycles. The first-order chi connectivity index (χ1) is 13.2. The maximum Gasteiger partial charge on any atom is 0.209 e. The first-order valence-corrected chi connectivity index (χ1v) is 8.97. The van der Waals surface area contributed by atoms with Crippen LogP contribution in [0.25, 0.3) is 16.7 Å². The Kier molecular flexibility index (Phi) is 3.57. The second-order valence-electron chi connectivity index (χ2n) is 6.86. The van der Waals surface area contributed by atoms with E-state index in [1.54, 1.807) is 0 Å². The van der Waals surface area contributed by atoms with Crippen LogP contribution >= 0.6 is 0 Å². The van der Waals surface area contributed by atoms with Gasteiger partial charge in [-0.1, -0.05) is 54.1 Å². The number of nitrogens with zero attached hydrogens (tertiary/aromatic N) is 2. The molecule has 0 fully saturated rings. The SMILES string of the molecule is Cc1ccc(C2=CC(c3ccc(F)cc3)n3c(nc4ccccc43)N2)cc1. The number of benzene rings is 3. The number of anilines is 1. The molecular formula is C23H18FN3. The molecule has 0 radical (unpaired) electrons. The lowest BCUT2D eigenvalue weighted by atomic mass is 10.0. The van der Waals surface area contributed by atoms with E-state index in [4.69, 9.17) is 4.98 Å². The molecular weight excluding hydrogens is 337 g/mol. The van der Waals surface area contributed by atoms with E-state index in [0.717, 1.165) is 33.8 Å². The topological polar surface area (TPSA) is 29.9 Å². The Balaban J connectivity index is 1.71. The molecule has 0 spiro atoms. The van der Waals surface area contributed by atoms with Crippen LogP contribution in [-0.2, 0) is 0 Å². The van der Waals surface area contributed by atoms with Gasteiger partial charge in [0.05, 0.1) is 17.1 Å². The third-order valence-corrected chi connectivity index (χ3v) is 5.02. The van der Waals surface area contributed by atoms with Crippen molar-refractivity contribution in [3.63, 3.8) is 0 Å².